The molecule has 6 heteroatoms. The summed E-state index contributed by atoms with van der Waals surface area (Å²) in [7, 11) is 0. The maximum Gasteiger partial charge on any atom is 0.244 e. The number of benzene rings is 1. The molecule has 1 aromatic carbocycles. The van der Waals surface area contributed by atoms with E-state index in [1.807, 2.05) is 56.9 Å². The van der Waals surface area contributed by atoms with Crippen molar-refractivity contribution in [3.8, 4) is 0 Å². The van der Waals surface area contributed by atoms with E-state index in [-0.39, 0.29) is 17.7 Å². The van der Waals surface area contributed by atoms with Crippen LogP contribution in [0.4, 0.5) is 5.69 Å². The Morgan fingerprint density at radius 3 is 2.29 bits per heavy atom. The van der Waals surface area contributed by atoms with Crippen LogP contribution in [0.25, 0.3) is 0 Å². The van der Waals surface area contributed by atoms with Gasteiger partial charge in [0.2, 0.25) is 17.7 Å². The summed E-state index contributed by atoms with van der Waals surface area (Å²) in [6.07, 6.45) is 1.82. The van der Waals surface area contributed by atoms with Gasteiger partial charge >= 0.3 is 0 Å². The number of carbonyl (C=O) groups is 3. The molecule has 0 saturated carbocycles. The van der Waals surface area contributed by atoms with Crippen LogP contribution in [0, 0.1) is 0 Å². The smallest absolute Gasteiger partial charge is 0.244 e. The number of para-hydroxylation sites is 1. The Bertz CT molecular complexity index is 788. The fourth-order valence-corrected chi connectivity index (χ4v) is 4.72. The van der Waals surface area contributed by atoms with Crippen LogP contribution in [0.1, 0.15) is 59.4 Å². The van der Waals surface area contributed by atoms with Crippen molar-refractivity contribution in [2.45, 2.75) is 70.9 Å². The van der Waals surface area contributed by atoms with Crippen molar-refractivity contribution in [3.05, 3.63) is 29.8 Å². The Morgan fingerprint density at radius 2 is 1.75 bits per heavy atom. The third-order valence-electron chi connectivity index (χ3n) is 5.88. The number of anilines is 1. The van der Waals surface area contributed by atoms with E-state index in [9.17, 15) is 14.4 Å². The summed E-state index contributed by atoms with van der Waals surface area (Å²) in [5.74, 6) is -0.125. The highest BCUT2D eigenvalue weighted by Gasteiger charge is 2.56. The van der Waals surface area contributed by atoms with Crippen LogP contribution in [0.2, 0.25) is 0 Å². The second kappa shape index (κ2) is 7.22. The average molecular weight is 386 g/mol. The largest absolute Gasteiger partial charge is 0.350 e. The number of carbonyl (C=O) groups excluding carboxylic acids is 3. The second-order valence-electron chi connectivity index (χ2n) is 8.94. The van der Waals surface area contributed by atoms with Crippen molar-refractivity contribution >= 4 is 23.4 Å². The molecule has 2 heterocycles. The molecule has 0 aromatic heterocycles. The van der Waals surface area contributed by atoms with Crippen molar-refractivity contribution < 1.29 is 14.4 Å². The minimum atomic E-state index is -0.597. The zero-order valence-corrected chi connectivity index (χ0v) is 17.5. The van der Waals surface area contributed by atoms with Gasteiger partial charge in [0.15, 0.2) is 0 Å². The number of likely N-dealkylation sites (tertiary alicyclic amines) is 1. The minimum Gasteiger partial charge on any atom is -0.350 e. The molecule has 0 bridgehead atoms. The molecule has 2 aliphatic heterocycles. The zero-order chi connectivity index (χ0) is 20.7. The molecular formula is C22H31N3O3. The number of hydrogen-bond acceptors (Lipinski definition) is 3. The molecule has 1 N–H and O–H groups in total. The van der Waals surface area contributed by atoms with E-state index in [1.165, 1.54) is 6.92 Å². The first-order valence-corrected chi connectivity index (χ1v) is 10.1. The molecule has 6 nitrogen and oxygen atoms in total. The lowest BCUT2D eigenvalue weighted by atomic mass is 9.69. The van der Waals surface area contributed by atoms with Crippen molar-refractivity contribution in [2.75, 3.05) is 18.0 Å². The predicted molar refractivity (Wildman–Crippen MR) is 109 cm³/mol. The van der Waals surface area contributed by atoms with E-state index in [4.69, 9.17) is 0 Å². The first-order valence-electron chi connectivity index (χ1n) is 10.1. The normalized spacial score (nSPS) is 20.8. The number of fused-ring (bicyclic) bond motifs is 2. The molecule has 1 spiro atoms. The number of nitrogens with one attached hydrogen (secondary N) is 1. The van der Waals surface area contributed by atoms with Gasteiger partial charge in [-0.15, -0.1) is 0 Å². The highest BCUT2D eigenvalue weighted by atomic mass is 16.2. The molecule has 1 saturated heterocycles. The topological polar surface area (TPSA) is 69.7 Å². The quantitative estimate of drug-likeness (QED) is 0.851. The standard InChI is InChI=1S/C22H31N3O3/c1-6-18(27)24-13-11-22(12-14-24)16-9-7-8-10-17(16)25(15(2)26)19(22)20(28)23-21(3,4)5/h7-10,19H,6,11-14H2,1-5H3,(H,23,28). The molecule has 2 aliphatic rings. The predicted octanol–water partition coefficient (Wildman–Crippen LogP) is 2.61. The zero-order valence-electron chi connectivity index (χ0n) is 17.5. The van der Waals surface area contributed by atoms with Gasteiger partial charge in [0, 0.05) is 43.1 Å². The summed E-state index contributed by atoms with van der Waals surface area (Å²) in [4.78, 5) is 41.7. The second-order valence-corrected chi connectivity index (χ2v) is 8.94. The highest BCUT2D eigenvalue weighted by molar-refractivity contribution is 6.04. The van der Waals surface area contributed by atoms with E-state index in [1.54, 1.807) is 4.90 Å². The first-order chi connectivity index (χ1) is 13.1. The number of nitrogens with zero attached hydrogens (tertiary/aromatic N) is 2. The van der Waals surface area contributed by atoms with E-state index in [0.717, 1.165) is 11.3 Å². The molecule has 3 amide bonds. The molecule has 152 valence electrons. The van der Waals surface area contributed by atoms with Gasteiger partial charge in [-0.3, -0.25) is 19.3 Å². The van der Waals surface area contributed by atoms with Crippen molar-refractivity contribution in [2.24, 2.45) is 0 Å². The lowest BCUT2D eigenvalue weighted by molar-refractivity contribution is -0.133. The third kappa shape index (κ3) is 3.40. The van der Waals surface area contributed by atoms with E-state index in [2.05, 4.69) is 5.32 Å². The Kier molecular flexibility index (Phi) is 5.26. The van der Waals surface area contributed by atoms with E-state index in [0.29, 0.717) is 32.4 Å². The van der Waals surface area contributed by atoms with Crippen molar-refractivity contribution in [1.82, 2.24) is 10.2 Å². The fourth-order valence-electron chi connectivity index (χ4n) is 4.72. The van der Waals surface area contributed by atoms with E-state index < -0.39 is 17.0 Å². The minimum absolute atomic E-state index is 0.130. The number of hydrogen-bond donors (Lipinski definition) is 1. The molecule has 1 atom stereocenters. The van der Waals surface area contributed by atoms with Gasteiger partial charge in [-0.2, -0.15) is 0 Å². The summed E-state index contributed by atoms with van der Waals surface area (Å²) >= 11 is 0. The number of piperidine rings is 1. The number of rotatable bonds is 2. The van der Waals surface area contributed by atoms with Crippen LogP contribution in [0.15, 0.2) is 24.3 Å². The van der Waals surface area contributed by atoms with Gasteiger partial charge in [0.1, 0.15) is 6.04 Å². The van der Waals surface area contributed by atoms with Crippen LogP contribution in [0.3, 0.4) is 0 Å². The molecule has 28 heavy (non-hydrogen) atoms. The Balaban J connectivity index is 2.05. The summed E-state index contributed by atoms with van der Waals surface area (Å²) in [5.41, 5.74) is 0.999. The Hall–Kier alpha value is -2.37. The molecule has 1 fully saturated rings. The summed E-state index contributed by atoms with van der Waals surface area (Å²) in [6, 6.07) is 7.23. The Morgan fingerprint density at radius 1 is 1.14 bits per heavy atom. The van der Waals surface area contributed by atoms with Gasteiger partial charge in [0.25, 0.3) is 0 Å². The molecule has 1 aromatic rings. The van der Waals surface area contributed by atoms with Gasteiger partial charge in [-0.1, -0.05) is 25.1 Å². The van der Waals surface area contributed by atoms with Crippen LogP contribution < -0.4 is 10.2 Å². The van der Waals surface area contributed by atoms with E-state index >= 15 is 0 Å². The van der Waals surface area contributed by atoms with Crippen LogP contribution in [-0.2, 0) is 19.8 Å². The van der Waals surface area contributed by atoms with Crippen LogP contribution in [0.5, 0.6) is 0 Å². The SMILES string of the molecule is CCC(=O)N1CCC2(CC1)c1ccccc1N(C(C)=O)C2C(=O)NC(C)(C)C. The highest BCUT2D eigenvalue weighted by Crippen LogP contribution is 2.51. The van der Waals surface area contributed by atoms with Gasteiger partial charge in [-0.25, -0.2) is 0 Å². The average Bonchev–Trinajstić information content (AvgIpc) is 2.91. The fraction of sp³-hybridized carbons (Fsp3) is 0.591. The summed E-state index contributed by atoms with van der Waals surface area (Å²) in [6.45, 7) is 10.4. The maximum absolute atomic E-state index is 13.4. The number of amides is 3. The summed E-state index contributed by atoms with van der Waals surface area (Å²) < 4.78 is 0. The van der Waals surface area contributed by atoms with Gasteiger partial charge in [-0.05, 0) is 45.2 Å². The van der Waals surface area contributed by atoms with Gasteiger partial charge in [0.05, 0.1) is 0 Å². The molecular weight excluding hydrogens is 354 g/mol. The molecule has 0 aliphatic carbocycles. The summed E-state index contributed by atoms with van der Waals surface area (Å²) in [5, 5.41) is 3.08. The molecule has 3 rings (SSSR count). The lowest BCUT2D eigenvalue weighted by Crippen LogP contribution is -2.61. The Labute approximate surface area is 167 Å². The van der Waals surface area contributed by atoms with Crippen LogP contribution in [-0.4, -0.2) is 47.3 Å². The lowest BCUT2D eigenvalue weighted by Gasteiger charge is -2.44. The monoisotopic (exact) mass is 385 g/mol. The first kappa shape index (κ1) is 20.4. The van der Waals surface area contributed by atoms with Gasteiger partial charge < -0.3 is 10.2 Å². The van der Waals surface area contributed by atoms with Crippen LogP contribution >= 0.6 is 0 Å². The maximum atomic E-state index is 13.4. The third-order valence-corrected chi connectivity index (χ3v) is 5.88. The van der Waals surface area contributed by atoms with Crippen molar-refractivity contribution in [3.63, 3.8) is 0 Å². The molecule has 0 radical (unpaired) electrons. The van der Waals surface area contributed by atoms with Crippen molar-refractivity contribution in [1.29, 1.82) is 0 Å². The molecule has 1 unspecified atom stereocenters.